The molecule has 3 aromatic rings. The van der Waals surface area contributed by atoms with Crippen LogP contribution in [0.15, 0.2) is 85.2 Å². The van der Waals surface area contributed by atoms with Crippen LogP contribution >= 0.6 is 0 Å². The molecule has 1 amide bonds. The molecule has 6 heteroatoms. The van der Waals surface area contributed by atoms with Gasteiger partial charge in [0.1, 0.15) is 18.1 Å². The van der Waals surface area contributed by atoms with Crippen molar-refractivity contribution in [3.63, 3.8) is 0 Å². The van der Waals surface area contributed by atoms with Gasteiger partial charge in [-0.3, -0.25) is 14.6 Å². The number of amides is 1. The second kappa shape index (κ2) is 9.75. The Morgan fingerprint density at radius 3 is 2.56 bits per heavy atom. The highest BCUT2D eigenvalue weighted by atomic mass is 16.5. The first-order valence-electron chi connectivity index (χ1n) is 11.0. The second-order valence-corrected chi connectivity index (χ2v) is 8.28. The van der Waals surface area contributed by atoms with Crippen LogP contribution < -0.4 is 4.74 Å². The van der Waals surface area contributed by atoms with Gasteiger partial charge in [-0.05, 0) is 54.8 Å². The molecular weight excluding hydrogens is 428 g/mol. The van der Waals surface area contributed by atoms with Gasteiger partial charge in [-0.2, -0.15) is 0 Å². The Balaban J connectivity index is 1.82. The number of likely N-dealkylation sites (tertiary alicyclic amines) is 1. The smallest absolute Gasteiger partial charge is 0.295 e. The average molecular weight is 455 g/mol. The number of carbonyl (C=O) groups excluding carboxylic acids is 2. The fourth-order valence-corrected chi connectivity index (χ4v) is 4.12. The van der Waals surface area contributed by atoms with Crippen molar-refractivity contribution in [3.8, 4) is 5.75 Å². The highest BCUT2D eigenvalue weighted by molar-refractivity contribution is 6.46. The summed E-state index contributed by atoms with van der Waals surface area (Å²) in [7, 11) is 0. The van der Waals surface area contributed by atoms with E-state index >= 15 is 0 Å². The third-order valence-electron chi connectivity index (χ3n) is 5.83. The molecule has 0 bridgehead atoms. The van der Waals surface area contributed by atoms with E-state index in [-0.39, 0.29) is 17.9 Å². The van der Waals surface area contributed by atoms with E-state index in [1.807, 2.05) is 44.2 Å². The maximum Gasteiger partial charge on any atom is 0.295 e. The van der Waals surface area contributed by atoms with E-state index in [0.717, 1.165) is 22.3 Å². The highest BCUT2D eigenvalue weighted by Gasteiger charge is 2.46. The number of hydrogen-bond acceptors (Lipinski definition) is 5. The number of aryl methyl sites for hydroxylation is 2. The maximum atomic E-state index is 13.2. The molecule has 0 saturated carbocycles. The van der Waals surface area contributed by atoms with Crippen LogP contribution in [-0.4, -0.2) is 33.3 Å². The van der Waals surface area contributed by atoms with Gasteiger partial charge in [0.2, 0.25) is 0 Å². The van der Waals surface area contributed by atoms with Crippen molar-refractivity contribution < 1.29 is 19.4 Å². The number of carbonyl (C=O) groups is 2. The van der Waals surface area contributed by atoms with Crippen LogP contribution in [0.25, 0.3) is 5.76 Å². The minimum Gasteiger partial charge on any atom is -0.507 e. The summed E-state index contributed by atoms with van der Waals surface area (Å²) in [6, 6.07) is 15.7. The number of aromatic nitrogens is 1. The Bertz CT molecular complexity index is 1260. The largest absolute Gasteiger partial charge is 0.507 e. The molecule has 2 aromatic carbocycles. The maximum absolute atomic E-state index is 13.2. The number of ketones is 1. The Morgan fingerprint density at radius 1 is 1.15 bits per heavy atom. The molecule has 34 heavy (non-hydrogen) atoms. The number of hydrogen-bond donors (Lipinski definition) is 1. The van der Waals surface area contributed by atoms with E-state index in [4.69, 9.17) is 4.74 Å². The summed E-state index contributed by atoms with van der Waals surface area (Å²) in [6.07, 6.45) is 4.96. The lowest BCUT2D eigenvalue weighted by Gasteiger charge is -2.25. The molecule has 1 aromatic heterocycles. The zero-order chi connectivity index (χ0) is 24.2. The number of nitrogens with zero attached hydrogens (tertiary/aromatic N) is 2. The van der Waals surface area contributed by atoms with Crippen LogP contribution in [0.3, 0.4) is 0 Å². The summed E-state index contributed by atoms with van der Waals surface area (Å²) in [6.45, 7) is 7.98. The predicted octanol–water partition coefficient (Wildman–Crippen LogP) is 4.89. The van der Waals surface area contributed by atoms with E-state index in [1.165, 1.54) is 4.90 Å². The molecule has 1 aliphatic rings. The van der Waals surface area contributed by atoms with Crippen LogP contribution in [0.5, 0.6) is 5.75 Å². The van der Waals surface area contributed by atoms with Crippen molar-refractivity contribution in [2.75, 3.05) is 6.61 Å². The van der Waals surface area contributed by atoms with E-state index in [2.05, 4.69) is 11.6 Å². The standard InChI is InChI=1S/C28H26N2O4/c1-4-14-34-22-11-12-23(19(3)15-22)26(31)24-25(21-9-7-18(2)8-10-21)30(28(33)27(24)32)17-20-6-5-13-29-16-20/h4-13,15-16,25,31H,1,14,17H2,2-3H3/t25-/m1/s1. The molecule has 1 atom stereocenters. The average Bonchev–Trinajstić information content (AvgIpc) is 3.08. The first kappa shape index (κ1) is 23.0. The molecular formula is C28H26N2O4. The van der Waals surface area contributed by atoms with Crippen LogP contribution in [-0.2, 0) is 16.1 Å². The quantitative estimate of drug-likeness (QED) is 0.238. The highest BCUT2D eigenvalue weighted by Crippen LogP contribution is 2.41. The minimum absolute atomic E-state index is 0.0700. The Morgan fingerprint density at radius 2 is 1.91 bits per heavy atom. The number of ether oxygens (including phenoxy) is 1. The number of aliphatic hydroxyl groups is 1. The lowest BCUT2D eigenvalue weighted by atomic mass is 9.93. The second-order valence-electron chi connectivity index (χ2n) is 8.28. The Labute approximate surface area is 198 Å². The van der Waals surface area contributed by atoms with Crippen molar-refractivity contribution in [3.05, 3.63) is 113 Å². The van der Waals surface area contributed by atoms with Gasteiger partial charge in [0.05, 0.1) is 11.6 Å². The monoisotopic (exact) mass is 454 g/mol. The Kier molecular flexibility index (Phi) is 6.59. The van der Waals surface area contributed by atoms with Crippen LogP contribution in [0.1, 0.15) is 33.9 Å². The lowest BCUT2D eigenvalue weighted by molar-refractivity contribution is -0.140. The number of rotatable bonds is 7. The van der Waals surface area contributed by atoms with Crippen LogP contribution in [0.4, 0.5) is 0 Å². The zero-order valence-corrected chi connectivity index (χ0v) is 19.2. The molecule has 1 aliphatic heterocycles. The van der Waals surface area contributed by atoms with Gasteiger partial charge in [-0.1, -0.05) is 48.6 Å². The van der Waals surface area contributed by atoms with Gasteiger partial charge in [-0.15, -0.1) is 0 Å². The number of Topliss-reactive ketones (excluding diaryl/α,β-unsaturated/α-hetero) is 1. The predicted molar refractivity (Wildman–Crippen MR) is 130 cm³/mol. The summed E-state index contributed by atoms with van der Waals surface area (Å²) in [4.78, 5) is 32.0. The van der Waals surface area contributed by atoms with E-state index in [0.29, 0.717) is 17.9 Å². The first-order chi connectivity index (χ1) is 16.4. The van der Waals surface area contributed by atoms with Crippen LogP contribution in [0.2, 0.25) is 0 Å². The normalized spacial score (nSPS) is 17.1. The molecule has 1 N–H and O–H groups in total. The summed E-state index contributed by atoms with van der Waals surface area (Å²) in [5.41, 5.74) is 3.86. The van der Waals surface area contributed by atoms with E-state index in [1.54, 1.807) is 42.7 Å². The fraction of sp³-hybridized carbons (Fsp3) is 0.179. The molecule has 0 unspecified atom stereocenters. The molecule has 4 rings (SSSR count). The minimum atomic E-state index is -0.725. The topological polar surface area (TPSA) is 79.7 Å². The van der Waals surface area contributed by atoms with Gasteiger partial charge in [0, 0.05) is 24.5 Å². The first-order valence-corrected chi connectivity index (χ1v) is 11.0. The third kappa shape index (κ3) is 4.48. The molecule has 1 fully saturated rings. The number of aliphatic hydroxyl groups excluding tert-OH is 1. The van der Waals surface area contributed by atoms with Crippen molar-refractivity contribution in [2.24, 2.45) is 0 Å². The molecule has 0 aliphatic carbocycles. The summed E-state index contributed by atoms with van der Waals surface area (Å²) in [5.74, 6) is -0.940. The summed E-state index contributed by atoms with van der Waals surface area (Å²) >= 11 is 0. The SMILES string of the molecule is C=CCOc1ccc(C(O)=C2C(=O)C(=O)N(Cc3cccnc3)[C@@H]2c2ccc(C)cc2)c(C)c1. The van der Waals surface area contributed by atoms with E-state index < -0.39 is 17.7 Å². The fourth-order valence-electron chi connectivity index (χ4n) is 4.12. The van der Waals surface area contributed by atoms with Crippen LogP contribution in [0, 0.1) is 13.8 Å². The third-order valence-corrected chi connectivity index (χ3v) is 5.83. The van der Waals surface area contributed by atoms with Gasteiger partial charge >= 0.3 is 0 Å². The van der Waals surface area contributed by atoms with Gasteiger partial charge in [0.25, 0.3) is 11.7 Å². The summed E-state index contributed by atoms with van der Waals surface area (Å²) < 4.78 is 5.57. The molecule has 1 saturated heterocycles. The lowest BCUT2D eigenvalue weighted by Crippen LogP contribution is -2.29. The summed E-state index contributed by atoms with van der Waals surface area (Å²) in [5, 5.41) is 11.3. The van der Waals surface area contributed by atoms with Crippen molar-refractivity contribution >= 4 is 17.4 Å². The van der Waals surface area contributed by atoms with E-state index in [9.17, 15) is 14.7 Å². The molecule has 6 nitrogen and oxygen atoms in total. The molecule has 0 spiro atoms. The molecule has 2 heterocycles. The number of pyridine rings is 1. The molecule has 172 valence electrons. The Hall–Kier alpha value is -4.19. The molecule has 0 radical (unpaired) electrons. The number of benzene rings is 2. The van der Waals surface area contributed by atoms with Gasteiger partial charge in [0.15, 0.2) is 0 Å². The van der Waals surface area contributed by atoms with Crippen molar-refractivity contribution in [2.45, 2.75) is 26.4 Å². The van der Waals surface area contributed by atoms with Crippen molar-refractivity contribution in [1.29, 1.82) is 0 Å². The van der Waals surface area contributed by atoms with Gasteiger partial charge < -0.3 is 14.7 Å². The van der Waals surface area contributed by atoms with Crippen molar-refractivity contribution in [1.82, 2.24) is 9.88 Å². The zero-order valence-electron chi connectivity index (χ0n) is 19.2. The van der Waals surface area contributed by atoms with Gasteiger partial charge in [-0.25, -0.2) is 0 Å².